The largest absolute Gasteiger partial charge is 0.273 e. The van der Waals surface area contributed by atoms with Crippen molar-refractivity contribution in [3.05, 3.63) is 52.3 Å². The van der Waals surface area contributed by atoms with E-state index in [1.165, 1.54) is 0 Å². The molecule has 0 amide bonds. The Morgan fingerprint density at radius 2 is 1.94 bits per heavy atom. The van der Waals surface area contributed by atoms with E-state index in [-0.39, 0.29) is 5.56 Å². The molecule has 0 atom stereocenters. The van der Waals surface area contributed by atoms with E-state index in [0.717, 1.165) is 33.7 Å². The number of halogens is 1. The first kappa shape index (κ1) is 11.5. The molecule has 0 aliphatic carbocycles. The topological polar surface area (TPSA) is 30.0 Å². The molecule has 2 nitrogen and oxygen atoms in total. The van der Waals surface area contributed by atoms with E-state index in [4.69, 9.17) is 0 Å². The summed E-state index contributed by atoms with van der Waals surface area (Å²) >= 11 is 2.32. The Morgan fingerprint density at radius 1 is 1.12 bits per heavy atom. The lowest BCUT2D eigenvalue weighted by Gasteiger charge is -1.91. The molecule has 0 N–H and O–H groups in total. The van der Waals surface area contributed by atoms with Gasteiger partial charge in [-0.2, -0.15) is 0 Å². The van der Waals surface area contributed by atoms with Gasteiger partial charge in [0.2, 0.25) is 0 Å². The number of nitrogens with zero attached hydrogens (tertiary/aromatic N) is 1. The predicted molar refractivity (Wildman–Crippen MR) is 75.2 cm³/mol. The van der Waals surface area contributed by atoms with Crippen LogP contribution >= 0.6 is 22.6 Å². The van der Waals surface area contributed by atoms with Gasteiger partial charge in [0.15, 0.2) is 0 Å². The summed E-state index contributed by atoms with van der Waals surface area (Å²) in [5.74, 6) is 0. The summed E-state index contributed by atoms with van der Waals surface area (Å²) in [6.45, 7) is 0. The minimum atomic E-state index is -0.0916. The zero-order valence-corrected chi connectivity index (χ0v) is 11.0. The first-order chi connectivity index (χ1) is 7.81. The lowest BCUT2D eigenvalue weighted by Crippen LogP contribution is -2.08. The van der Waals surface area contributed by atoms with Crippen LogP contribution in [0.2, 0.25) is 0 Å². The molecular formula is C13H12INO. The van der Waals surface area contributed by atoms with Crippen molar-refractivity contribution in [3.8, 4) is 0 Å². The molecule has 2 rings (SSSR count). The van der Waals surface area contributed by atoms with Gasteiger partial charge in [-0.3, -0.25) is 4.79 Å². The Kier molecular flexibility index (Phi) is 3.88. The summed E-state index contributed by atoms with van der Waals surface area (Å²) in [4.78, 5) is 16.0. The molecule has 0 fully saturated rings. The molecule has 1 aromatic heterocycles. The highest BCUT2D eigenvalue weighted by molar-refractivity contribution is 14.1. The number of benzene rings is 1. The molecule has 1 heterocycles. The fourth-order valence-corrected chi connectivity index (χ4v) is 2.00. The maximum Gasteiger partial charge on any atom is 0.273 e. The van der Waals surface area contributed by atoms with E-state index in [1.54, 1.807) is 0 Å². The van der Waals surface area contributed by atoms with Crippen LogP contribution in [0.1, 0.15) is 12.0 Å². The van der Waals surface area contributed by atoms with Crippen molar-refractivity contribution in [2.75, 3.05) is 4.43 Å². The number of aryl methyl sites for hydroxylation is 1. The second-order valence-electron chi connectivity index (χ2n) is 3.63. The number of hydrogen-bond donors (Lipinski definition) is 0. The third kappa shape index (κ3) is 2.58. The van der Waals surface area contributed by atoms with Gasteiger partial charge in [0.25, 0.3) is 5.56 Å². The van der Waals surface area contributed by atoms with Gasteiger partial charge in [-0.25, -0.2) is 4.98 Å². The molecule has 3 heteroatoms. The average Bonchev–Trinajstić information content (AvgIpc) is 2.45. The first-order valence-corrected chi connectivity index (χ1v) is 6.79. The van der Waals surface area contributed by atoms with Crippen LogP contribution in [-0.4, -0.2) is 9.41 Å². The lowest BCUT2D eigenvalue weighted by atomic mass is 10.2. The van der Waals surface area contributed by atoms with Gasteiger partial charge in [-0.1, -0.05) is 52.9 Å². The Bertz CT molecular complexity index is 554. The summed E-state index contributed by atoms with van der Waals surface area (Å²) in [5, 5.41) is 1.01. The van der Waals surface area contributed by atoms with Crippen molar-refractivity contribution in [3.63, 3.8) is 0 Å². The molecule has 0 aliphatic rings. The molecule has 16 heavy (non-hydrogen) atoms. The maximum absolute atomic E-state index is 11.8. The molecule has 0 bridgehead atoms. The van der Waals surface area contributed by atoms with Crippen molar-refractivity contribution in [1.82, 2.24) is 4.98 Å². The van der Waals surface area contributed by atoms with E-state index in [1.807, 2.05) is 36.4 Å². The number of alkyl halides is 1. The van der Waals surface area contributed by atoms with Gasteiger partial charge in [0.1, 0.15) is 0 Å². The molecule has 0 unspecified atom stereocenters. The summed E-state index contributed by atoms with van der Waals surface area (Å²) in [6, 6.07) is 11.6. The Balaban J connectivity index is 2.54. The van der Waals surface area contributed by atoms with Crippen LogP contribution in [0.25, 0.3) is 10.9 Å². The molecular weight excluding hydrogens is 313 g/mol. The summed E-state index contributed by atoms with van der Waals surface area (Å²) < 4.78 is 1.06. The highest BCUT2D eigenvalue weighted by atomic mass is 127. The van der Waals surface area contributed by atoms with Crippen molar-refractivity contribution >= 4 is 33.5 Å². The predicted octanol–water partition coefficient (Wildman–Crippen LogP) is 2.96. The molecule has 0 saturated heterocycles. The minimum Gasteiger partial charge on any atom is -0.267 e. The fourth-order valence-electron chi connectivity index (χ4n) is 1.62. The standard InChI is InChI=1S/C13H12INO/c14-9-3-5-11-8-7-10-4-1-2-6-12(10)15-13(11)16/h1-2,4,6-8H,3,5,9H2. The number of fused-ring (bicyclic) bond motifs is 1. The second-order valence-corrected chi connectivity index (χ2v) is 4.71. The third-order valence-corrected chi connectivity index (χ3v) is 3.24. The van der Waals surface area contributed by atoms with Crippen LogP contribution in [0, 0.1) is 0 Å². The van der Waals surface area contributed by atoms with Crippen LogP contribution in [0.15, 0.2) is 41.2 Å². The van der Waals surface area contributed by atoms with E-state index < -0.39 is 0 Å². The summed E-state index contributed by atoms with van der Waals surface area (Å²) in [5.41, 5.74) is 1.49. The van der Waals surface area contributed by atoms with Crippen LogP contribution in [0.5, 0.6) is 0 Å². The molecule has 82 valence electrons. The first-order valence-electron chi connectivity index (χ1n) is 5.26. The van der Waals surface area contributed by atoms with Crippen molar-refractivity contribution < 1.29 is 0 Å². The number of rotatable bonds is 3. The van der Waals surface area contributed by atoms with Crippen LogP contribution < -0.4 is 5.56 Å². The Morgan fingerprint density at radius 3 is 2.75 bits per heavy atom. The number of aromatic nitrogens is 1. The monoisotopic (exact) mass is 325 g/mol. The number of hydrogen-bond acceptors (Lipinski definition) is 2. The van der Waals surface area contributed by atoms with Gasteiger partial charge in [0, 0.05) is 10.9 Å². The van der Waals surface area contributed by atoms with Gasteiger partial charge in [-0.05, 0) is 23.3 Å². The fraction of sp³-hybridized carbons (Fsp3) is 0.231. The molecule has 2 aromatic rings. The van der Waals surface area contributed by atoms with Crippen LogP contribution in [0.4, 0.5) is 0 Å². The molecule has 0 aliphatic heterocycles. The van der Waals surface area contributed by atoms with Gasteiger partial charge < -0.3 is 0 Å². The Labute approximate surface area is 108 Å². The molecule has 0 radical (unpaired) electrons. The second kappa shape index (κ2) is 5.39. The van der Waals surface area contributed by atoms with Crippen LogP contribution in [0.3, 0.4) is 0 Å². The summed E-state index contributed by atoms with van der Waals surface area (Å²) in [6.07, 6.45) is 1.84. The minimum absolute atomic E-state index is 0.0916. The summed E-state index contributed by atoms with van der Waals surface area (Å²) in [7, 11) is 0. The van der Waals surface area contributed by atoms with Crippen LogP contribution in [-0.2, 0) is 6.42 Å². The van der Waals surface area contributed by atoms with Gasteiger partial charge in [0.05, 0.1) is 5.52 Å². The van der Waals surface area contributed by atoms with E-state index >= 15 is 0 Å². The third-order valence-electron chi connectivity index (χ3n) is 2.48. The highest BCUT2D eigenvalue weighted by Crippen LogP contribution is 2.08. The highest BCUT2D eigenvalue weighted by Gasteiger charge is 1.99. The molecule has 0 spiro atoms. The van der Waals surface area contributed by atoms with Crippen molar-refractivity contribution in [2.24, 2.45) is 0 Å². The van der Waals surface area contributed by atoms with Gasteiger partial charge in [-0.15, -0.1) is 0 Å². The zero-order valence-electron chi connectivity index (χ0n) is 8.82. The quantitative estimate of drug-likeness (QED) is 0.641. The molecule has 1 aromatic carbocycles. The van der Waals surface area contributed by atoms with E-state index in [9.17, 15) is 4.79 Å². The van der Waals surface area contributed by atoms with E-state index in [0.29, 0.717) is 0 Å². The lowest BCUT2D eigenvalue weighted by molar-refractivity contribution is 0.929. The smallest absolute Gasteiger partial charge is 0.267 e. The number of para-hydroxylation sites is 1. The van der Waals surface area contributed by atoms with Crippen molar-refractivity contribution in [1.29, 1.82) is 0 Å². The average molecular weight is 325 g/mol. The van der Waals surface area contributed by atoms with E-state index in [2.05, 4.69) is 27.6 Å². The van der Waals surface area contributed by atoms with Crippen molar-refractivity contribution in [2.45, 2.75) is 12.8 Å². The SMILES string of the molecule is O=c1nc2ccccc2ccc1CCCI. The Hall–Kier alpha value is -0.970. The zero-order chi connectivity index (χ0) is 11.4. The molecule has 0 saturated carbocycles. The normalized spacial score (nSPS) is 10.6. The maximum atomic E-state index is 11.8. The van der Waals surface area contributed by atoms with Gasteiger partial charge >= 0.3 is 0 Å².